The largest absolute Gasteiger partial charge is 0.496 e. The molecule has 1 unspecified atom stereocenters. The molecule has 0 bridgehead atoms. The molecule has 0 spiro atoms. The zero-order chi connectivity index (χ0) is 14.8. The highest BCUT2D eigenvalue weighted by atomic mass is 79.9. The fourth-order valence-corrected chi connectivity index (χ4v) is 3.03. The Morgan fingerprint density at radius 3 is 2.90 bits per heavy atom. The van der Waals surface area contributed by atoms with E-state index in [4.69, 9.17) is 9.47 Å². The SMILES string of the molecule is COc1ccc(NCC2Cc3cc(Br)ccc3O2)cc1C. The highest BCUT2D eigenvalue weighted by Crippen LogP contribution is 2.31. The highest BCUT2D eigenvalue weighted by Gasteiger charge is 2.22. The van der Waals surface area contributed by atoms with Crippen LogP contribution in [0.25, 0.3) is 0 Å². The molecule has 0 radical (unpaired) electrons. The third-order valence-electron chi connectivity index (χ3n) is 3.69. The number of halogens is 1. The van der Waals surface area contributed by atoms with Crippen molar-refractivity contribution < 1.29 is 9.47 Å². The van der Waals surface area contributed by atoms with Gasteiger partial charge in [-0.1, -0.05) is 15.9 Å². The summed E-state index contributed by atoms with van der Waals surface area (Å²) >= 11 is 3.50. The molecule has 1 heterocycles. The lowest BCUT2D eigenvalue weighted by Crippen LogP contribution is -2.23. The smallest absolute Gasteiger partial charge is 0.123 e. The van der Waals surface area contributed by atoms with E-state index in [2.05, 4.69) is 33.4 Å². The number of benzene rings is 2. The quantitative estimate of drug-likeness (QED) is 0.899. The van der Waals surface area contributed by atoms with Crippen LogP contribution in [0, 0.1) is 6.92 Å². The minimum Gasteiger partial charge on any atom is -0.496 e. The first-order valence-corrected chi connectivity index (χ1v) is 7.78. The summed E-state index contributed by atoms with van der Waals surface area (Å²) in [6.45, 7) is 2.83. The topological polar surface area (TPSA) is 30.5 Å². The molecule has 0 aliphatic carbocycles. The van der Waals surface area contributed by atoms with Crippen molar-refractivity contribution in [2.75, 3.05) is 19.0 Å². The predicted molar refractivity (Wildman–Crippen MR) is 88.5 cm³/mol. The van der Waals surface area contributed by atoms with Crippen molar-refractivity contribution in [2.45, 2.75) is 19.4 Å². The van der Waals surface area contributed by atoms with Crippen molar-refractivity contribution in [2.24, 2.45) is 0 Å². The lowest BCUT2D eigenvalue weighted by molar-refractivity contribution is 0.246. The van der Waals surface area contributed by atoms with Crippen LogP contribution >= 0.6 is 15.9 Å². The van der Waals surface area contributed by atoms with E-state index in [-0.39, 0.29) is 6.10 Å². The summed E-state index contributed by atoms with van der Waals surface area (Å²) in [6, 6.07) is 12.3. The zero-order valence-electron chi connectivity index (χ0n) is 12.2. The van der Waals surface area contributed by atoms with E-state index in [0.29, 0.717) is 0 Å². The van der Waals surface area contributed by atoms with Gasteiger partial charge in [0.2, 0.25) is 0 Å². The van der Waals surface area contributed by atoms with E-state index >= 15 is 0 Å². The summed E-state index contributed by atoms with van der Waals surface area (Å²) in [4.78, 5) is 0. The van der Waals surface area contributed by atoms with Crippen LogP contribution in [0.2, 0.25) is 0 Å². The second-order valence-corrected chi connectivity index (χ2v) is 6.18. The summed E-state index contributed by atoms with van der Waals surface area (Å²) in [5.74, 6) is 1.91. The van der Waals surface area contributed by atoms with Crippen LogP contribution in [0.3, 0.4) is 0 Å². The van der Waals surface area contributed by atoms with Crippen molar-refractivity contribution in [1.82, 2.24) is 0 Å². The fraction of sp³-hybridized carbons (Fsp3) is 0.294. The molecule has 2 aromatic rings. The lowest BCUT2D eigenvalue weighted by Gasteiger charge is -2.14. The van der Waals surface area contributed by atoms with Crippen molar-refractivity contribution in [3.63, 3.8) is 0 Å². The predicted octanol–water partition coefficient (Wildman–Crippen LogP) is 4.18. The van der Waals surface area contributed by atoms with Crippen LogP contribution in [0.15, 0.2) is 40.9 Å². The van der Waals surface area contributed by atoms with E-state index in [1.54, 1.807) is 7.11 Å². The minimum absolute atomic E-state index is 0.178. The average Bonchev–Trinajstić information content (AvgIpc) is 2.87. The van der Waals surface area contributed by atoms with Crippen molar-refractivity contribution in [3.05, 3.63) is 52.0 Å². The Labute approximate surface area is 133 Å². The summed E-state index contributed by atoms with van der Waals surface area (Å²) in [5, 5.41) is 3.44. The molecule has 3 nitrogen and oxygen atoms in total. The summed E-state index contributed by atoms with van der Waals surface area (Å²) < 4.78 is 12.3. The molecule has 0 fully saturated rings. The molecular weight excluding hydrogens is 330 g/mol. The Morgan fingerprint density at radius 2 is 2.14 bits per heavy atom. The van der Waals surface area contributed by atoms with Gasteiger partial charge < -0.3 is 14.8 Å². The van der Waals surface area contributed by atoms with E-state index in [9.17, 15) is 0 Å². The van der Waals surface area contributed by atoms with Crippen LogP contribution in [0.1, 0.15) is 11.1 Å². The first-order chi connectivity index (χ1) is 10.2. The van der Waals surface area contributed by atoms with Gasteiger partial charge in [0.05, 0.1) is 13.7 Å². The third-order valence-corrected chi connectivity index (χ3v) is 4.19. The Bertz CT molecular complexity index is 657. The standard InChI is InChI=1S/C17H18BrNO2/c1-11-7-14(4-6-16(11)20-2)19-10-15-9-12-8-13(18)3-5-17(12)21-15/h3-8,15,19H,9-10H2,1-2H3. The summed E-state index contributed by atoms with van der Waals surface area (Å²) in [6.07, 6.45) is 1.12. The maximum Gasteiger partial charge on any atom is 0.123 e. The molecule has 0 saturated carbocycles. The van der Waals surface area contributed by atoms with Gasteiger partial charge in [0.15, 0.2) is 0 Å². The van der Waals surface area contributed by atoms with E-state index in [0.717, 1.165) is 40.2 Å². The molecule has 2 aromatic carbocycles. The third kappa shape index (κ3) is 3.16. The molecular formula is C17H18BrNO2. The number of anilines is 1. The molecule has 0 aromatic heterocycles. The maximum atomic E-state index is 5.95. The Balaban J connectivity index is 1.61. The summed E-state index contributed by atoms with van der Waals surface area (Å²) in [5.41, 5.74) is 3.48. The van der Waals surface area contributed by atoms with Crippen LogP contribution in [0.4, 0.5) is 5.69 Å². The number of methoxy groups -OCH3 is 1. The molecule has 110 valence electrons. The van der Waals surface area contributed by atoms with Crippen molar-refractivity contribution in [1.29, 1.82) is 0 Å². The lowest BCUT2D eigenvalue weighted by atomic mass is 10.1. The Hall–Kier alpha value is -1.68. The second kappa shape index (κ2) is 5.98. The molecule has 1 aliphatic rings. The van der Waals surface area contributed by atoms with Gasteiger partial charge >= 0.3 is 0 Å². The van der Waals surface area contributed by atoms with Gasteiger partial charge in [-0.05, 0) is 54.4 Å². The Kier molecular flexibility index (Phi) is 4.06. The van der Waals surface area contributed by atoms with Gasteiger partial charge in [0.25, 0.3) is 0 Å². The number of aryl methyl sites for hydroxylation is 1. The van der Waals surface area contributed by atoms with Crippen LogP contribution < -0.4 is 14.8 Å². The van der Waals surface area contributed by atoms with E-state index in [1.165, 1.54) is 5.56 Å². The maximum absolute atomic E-state index is 5.95. The zero-order valence-corrected chi connectivity index (χ0v) is 13.7. The highest BCUT2D eigenvalue weighted by molar-refractivity contribution is 9.10. The van der Waals surface area contributed by atoms with Gasteiger partial charge in [-0.15, -0.1) is 0 Å². The van der Waals surface area contributed by atoms with Crippen molar-refractivity contribution in [3.8, 4) is 11.5 Å². The first kappa shape index (κ1) is 14.3. The minimum atomic E-state index is 0.178. The first-order valence-electron chi connectivity index (χ1n) is 6.99. The molecule has 21 heavy (non-hydrogen) atoms. The molecule has 0 saturated heterocycles. The van der Waals surface area contributed by atoms with Gasteiger partial charge in [-0.25, -0.2) is 0 Å². The number of nitrogens with one attached hydrogen (secondary N) is 1. The molecule has 1 N–H and O–H groups in total. The van der Waals surface area contributed by atoms with Gasteiger partial charge in [-0.3, -0.25) is 0 Å². The average molecular weight is 348 g/mol. The van der Waals surface area contributed by atoms with E-state index in [1.807, 2.05) is 31.2 Å². The monoisotopic (exact) mass is 347 g/mol. The van der Waals surface area contributed by atoms with Gasteiger partial charge in [0.1, 0.15) is 17.6 Å². The summed E-state index contributed by atoms with van der Waals surface area (Å²) in [7, 11) is 1.69. The fourth-order valence-electron chi connectivity index (χ4n) is 2.62. The number of fused-ring (bicyclic) bond motifs is 1. The van der Waals surface area contributed by atoms with Crippen LogP contribution in [-0.4, -0.2) is 19.8 Å². The molecule has 3 rings (SSSR count). The molecule has 1 aliphatic heterocycles. The van der Waals surface area contributed by atoms with Gasteiger partial charge in [-0.2, -0.15) is 0 Å². The second-order valence-electron chi connectivity index (χ2n) is 5.26. The molecule has 0 amide bonds. The van der Waals surface area contributed by atoms with Crippen LogP contribution in [-0.2, 0) is 6.42 Å². The molecule has 1 atom stereocenters. The normalized spacial score (nSPS) is 16.2. The van der Waals surface area contributed by atoms with Crippen molar-refractivity contribution >= 4 is 21.6 Å². The Morgan fingerprint density at radius 1 is 1.29 bits per heavy atom. The molecule has 4 heteroatoms. The number of hydrogen-bond acceptors (Lipinski definition) is 3. The van der Waals surface area contributed by atoms with Gasteiger partial charge in [0, 0.05) is 16.6 Å². The van der Waals surface area contributed by atoms with E-state index < -0.39 is 0 Å². The number of rotatable bonds is 4. The number of ether oxygens (including phenoxy) is 2. The number of hydrogen-bond donors (Lipinski definition) is 1. The van der Waals surface area contributed by atoms with Crippen LogP contribution in [0.5, 0.6) is 11.5 Å².